The lowest BCUT2D eigenvalue weighted by Crippen LogP contribution is -2.36. The van der Waals surface area contributed by atoms with Crippen LogP contribution in [0, 0.1) is 0 Å². The number of fused-ring (bicyclic) bond motifs is 1. The van der Waals surface area contributed by atoms with E-state index in [4.69, 9.17) is 13.9 Å². The Morgan fingerprint density at radius 3 is 2.46 bits per heavy atom. The minimum absolute atomic E-state index is 0.0236. The van der Waals surface area contributed by atoms with Gasteiger partial charge in [-0.05, 0) is 43.9 Å². The number of methoxy groups -OCH3 is 2. The Hall–Kier alpha value is -4.11. The fourth-order valence-corrected chi connectivity index (χ4v) is 4.13. The number of para-hydroxylation sites is 1. The molecule has 9 heteroatoms. The molecule has 0 bridgehead atoms. The molecule has 0 aliphatic carbocycles. The van der Waals surface area contributed by atoms with Crippen LogP contribution in [0.15, 0.2) is 64.3 Å². The Kier molecular flexibility index (Phi) is 6.61. The summed E-state index contributed by atoms with van der Waals surface area (Å²) in [4.78, 5) is 41.9. The van der Waals surface area contributed by atoms with Crippen molar-refractivity contribution < 1.29 is 33.4 Å². The van der Waals surface area contributed by atoms with E-state index < -0.39 is 29.5 Å². The number of rotatable bonds is 8. The average molecular weight is 479 g/mol. The average Bonchev–Trinajstić information content (AvgIpc) is 3.41. The van der Waals surface area contributed by atoms with Gasteiger partial charge in [0.2, 0.25) is 5.78 Å². The predicted molar refractivity (Wildman–Crippen MR) is 128 cm³/mol. The van der Waals surface area contributed by atoms with Crippen molar-refractivity contribution in [2.24, 2.45) is 0 Å². The van der Waals surface area contributed by atoms with E-state index in [0.29, 0.717) is 34.4 Å². The number of hydrogen-bond acceptors (Lipinski definition) is 8. The maximum atomic E-state index is 13.6. The molecule has 1 aromatic heterocycles. The third-order valence-corrected chi connectivity index (χ3v) is 5.94. The first-order valence-electron chi connectivity index (χ1n) is 10.9. The fraction of sp³-hybridized carbons (Fsp3) is 0.269. The van der Waals surface area contributed by atoms with Gasteiger partial charge in [0.1, 0.15) is 0 Å². The molecule has 2 aromatic carbocycles. The summed E-state index contributed by atoms with van der Waals surface area (Å²) in [6.45, 7) is 0.781. The summed E-state index contributed by atoms with van der Waals surface area (Å²) in [7, 11) is 6.51. The third kappa shape index (κ3) is 4.38. The van der Waals surface area contributed by atoms with Crippen molar-refractivity contribution in [3.05, 3.63) is 76.8 Å². The molecule has 9 nitrogen and oxygen atoms in total. The normalized spacial score (nSPS) is 15.9. The summed E-state index contributed by atoms with van der Waals surface area (Å²) in [6, 6.07) is 12.3. The minimum atomic E-state index is -0.864. The molecule has 1 atom stereocenters. The van der Waals surface area contributed by atoms with Crippen LogP contribution in [0.5, 0.6) is 5.75 Å². The monoisotopic (exact) mass is 478 g/mol. The number of carbonyl (C=O) groups excluding carboxylic acids is 3. The number of benzene rings is 2. The Balaban J connectivity index is 1.78. The molecule has 1 aliphatic heterocycles. The number of amides is 1. The van der Waals surface area contributed by atoms with Gasteiger partial charge in [-0.2, -0.15) is 0 Å². The van der Waals surface area contributed by atoms with Crippen molar-refractivity contribution in [1.29, 1.82) is 0 Å². The van der Waals surface area contributed by atoms with Crippen LogP contribution in [0.3, 0.4) is 0 Å². The topological polar surface area (TPSA) is 110 Å². The number of likely N-dealkylation sites (N-methyl/N-ethyl adjacent to an activating group) is 1. The van der Waals surface area contributed by atoms with Gasteiger partial charge in [0.25, 0.3) is 5.91 Å². The highest BCUT2D eigenvalue weighted by atomic mass is 16.5. The molecule has 1 aliphatic rings. The molecule has 3 aromatic rings. The van der Waals surface area contributed by atoms with Gasteiger partial charge in [-0.15, -0.1) is 0 Å². The molecular formula is C26H26N2O7. The lowest BCUT2D eigenvalue weighted by molar-refractivity contribution is -0.129. The van der Waals surface area contributed by atoms with E-state index in [1.165, 1.54) is 19.1 Å². The van der Waals surface area contributed by atoms with Crippen molar-refractivity contribution in [1.82, 2.24) is 9.80 Å². The summed E-state index contributed by atoms with van der Waals surface area (Å²) in [6.07, 6.45) is 0. The summed E-state index contributed by atoms with van der Waals surface area (Å²) < 4.78 is 15.9. The van der Waals surface area contributed by atoms with Gasteiger partial charge >= 0.3 is 5.97 Å². The van der Waals surface area contributed by atoms with E-state index in [1.807, 2.05) is 19.0 Å². The predicted octanol–water partition coefficient (Wildman–Crippen LogP) is 3.37. The number of aliphatic hydroxyl groups is 1. The Labute approximate surface area is 202 Å². The second kappa shape index (κ2) is 9.63. The molecular weight excluding hydrogens is 452 g/mol. The molecule has 0 spiro atoms. The second-order valence-corrected chi connectivity index (χ2v) is 8.40. The maximum Gasteiger partial charge on any atom is 0.337 e. The van der Waals surface area contributed by atoms with Crippen LogP contribution >= 0.6 is 0 Å². The molecule has 1 N–H and O–H groups in total. The van der Waals surface area contributed by atoms with Crippen LogP contribution in [0.4, 0.5) is 0 Å². The Bertz CT molecular complexity index is 1320. The Morgan fingerprint density at radius 1 is 1.11 bits per heavy atom. The standard InChI is InChI=1S/C26H26N2O7/c1-27(2)12-13-28-21(15-8-10-16(11-9-15)26(32)34-4)20(23(30)25(28)31)22(29)19-14-17-6-5-7-18(33-3)24(17)35-19/h5-11,14,21,30H,12-13H2,1-4H3. The number of carbonyl (C=O) groups is 3. The lowest BCUT2D eigenvalue weighted by Gasteiger charge is -2.28. The number of ether oxygens (including phenoxy) is 2. The van der Waals surface area contributed by atoms with E-state index >= 15 is 0 Å². The van der Waals surface area contributed by atoms with Gasteiger partial charge in [-0.25, -0.2) is 4.79 Å². The van der Waals surface area contributed by atoms with Gasteiger partial charge in [-0.1, -0.05) is 24.3 Å². The van der Waals surface area contributed by atoms with Crippen LogP contribution in [-0.4, -0.2) is 74.0 Å². The van der Waals surface area contributed by atoms with Gasteiger partial charge in [-0.3, -0.25) is 9.59 Å². The molecule has 182 valence electrons. The molecule has 0 radical (unpaired) electrons. The van der Waals surface area contributed by atoms with Crippen molar-refractivity contribution in [2.75, 3.05) is 41.4 Å². The van der Waals surface area contributed by atoms with Crippen LogP contribution in [0.2, 0.25) is 0 Å². The molecule has 2 heterocycles. The van der Waals surface area contributed by atoms with Gasteiger partial charge in [0, 0.05) is 18.5 Å². The van der Waals surface area contributed by atoms with E-state index in [0.717, 1.165) is 0 Å². The van der Waals surface area contributed by atoms with Crippen LogP contribution in [-0.2, 0) is 9.53 Å². The zero-order chi connectivity index (χ0) is 25.3. The van der Waals surface area contributed by atoms with Crippen molar-refractivity contribution in [3.63, 3.8) is 0 Å². The number of nitrogens with zero attached hydrogens (tertiary/aromatic N) is 2. The molecule has 0 saturated carbocycles. The van der Waals surface area contributed by atoms with E-state index in [2.05, 4.69) is 0 Å². The number of furan rings is 1. The van der Waals surface area contributed by atoms with E-state index in [-0.39, 0.29) is 17.9 Å². The van der Waals surface area contributed by atoms with Crippen molar-refractivity contribution in [2.45, 2.75) is 6.04 Å². The molecule has 4 rings (SSSR count). The quantitative estimate of drug-likeness (QED) is 0.388. The van der Waals surface area contributed by atoms with E-state index in [1.54, 1.807) is 48.5 Å². The maximum absolute atomic E-state index is 13.6. The van der Waals surface area contributed by atoms with E-state index in [9.17, 15) is 19.5 Å². The zero-order valence-electron chi connectivity index (χ0n) is 19.9. The first-order chi connectivity index (χ1) is 16.8. The van der Waals surface area contributed by atoms with Crippen LogP contribution < -0.4 is 4.74 Å². The largest absolute Gasteiger partial charge is 0.503 e. The second-order valence-electron chi connectivity index (χ2n) is 8.40. The number of ketones is 1. The number of hydrogen-bond donors (Lipinski definition) is 1. The van der Waals surface area contributed by atoms with Crippen LogP contribution in [0.1, 0.15) is 32.5 Å². The summed E-state index contributed by atoms with van der Waals surface area (Å²) in [5, 5.41) is 11.5. The van der Waals surface area contributed by atoms with Gasteiger partial charge in [0.05, 0.1) is 31.4 Å². The van der Waals surface area contributed by atoms with Gasteiger partial charge < -0.3 is 28.8 Å². The number of esters is 1. The summed E-state index contributed by atoms with van der Waals surface area (Å²) in [5.41, 5.74) is 1.19. The zero-order valence-corrected chi connectivity index (χ0v) is 19.9. The smallest absolute Gasteiger partial charge is 0.337 e. The summed E-state index contributed by atoms with van der Waals surface area (Å²) in [5.74, 6) is -1.94. The highest BCUT2D eigenvalue weighted by molar-refractivity contribution is 6.16. The third-order valence-electron chi connectivity index (χ3n) is 5.94. The molecule has 1 amide bonds. The minimum Gasteiger partial charge on any atom is -0.503 e. The first kappa shape index (κ1) is 24.0. The fourth-order valence-electron chi connectivity index (χ4n) is 4.13. The SMILES string of the molecule is COC(=O)c1ccc(C2C(C(=O)c3cc4cccc(OC)c4o3)=C(O)C(=O)N2CCN(C)C)cc1. The summed E-state index contributed by atoms with van der Waals surface area (Å²) >= 11 is 0. The highest BCUT2D eigenvalue weighted by Gasteiger charge is 2.44. The van der Waals surface area contributed by atoms with Crippen molar-refractivity contribution in [3.8, 4) is 5.75 Å². The molecule has 1 unspecified atom stereocenters. The molecule has 35 heavy (non-hydrogen) atoms. The number of Topliss-reactive ketones (excluding diaryl/α,β-unsaturated/α-hetero) is 1. The molecule has 0 fully saturated rings. The van der Waals surface area contributed by atoms with Gasteiger partial charge in [0.15, 0.2) is 22.9 Å². The number of aliphatic hydroxyl groups excluding tert-OH is 1. The van der Waals surface area contributed by atoms with Crippen molar-refractivity contribution >= 4 is 28.6 Å². The molecule has 0 saturated heterocycles. The van der Waals surface area contributed by atoms with Crippen LogP contribution in [0.25, 0.3) is 11.0 Å². The Morgan fingerprint density at radius 2 is 1.83 bits per heavy atom. The lowest BCUT2D eigenvalue weighted by atomic mass is 9.94. The highest BCUT2D eigenvalue weighted by Crippen LogP contribution is 2.40. The first-order valence-corrected chi connectivity index (χ1v) is 10.9.